The van der Waals surface area contributed by atoms with Gasteiger partial charge in [0.25, 0.3) is 5.91 Å². The molecule has 0 N–H and O–H groups in total. The van der Waals surface area contributed by atoms with Gasteiger partial charge in [-0.15, -0.1) is 0 Å². The lowest BCUT2D eigenvalue weighted by molar-refractivity contribution is 0.0631. The number of halogens is 1. The van der Waals surface area contributed by atoms with Crippen molar-refractivity contribution in [2.45, 2.75) is 12.6 Å². The van der Waals surface area contributed by atoms with Crippen molar-refractivity contribution < 1.29 is 9.21 Å². The van der Waals surface area contributed by atoms with E-state index in [9.17, 15) is 4.79 Å². The third-order valence-corrected chi connectivity index (χ3v) is 4.43. The molecule has 3 heterocycles. The first-order valence-electron chi connectivity index (χ1n) is 7.49. The van der Waals surface area contributed by atoms with E-state index in [1.807, 2.05) is 47.5 Å². The van der Waals surface area contributed by atoms with Crippen molar-refractivity contribution in [3.05, 3.63) is 83.0 Å². The second kappa shape index (κ2) is 5.63. The summed E-state index contributed by atoms with van der Waals surface area (Å²) in [5.74, 6) is 0.254. The Hall–Kier alpha value is -2.46. The summed E-state index contributed by atoms with van der Waals surface area (Å²) < 4.78 is 7.48. The SMILES string of the molecule is O=C(c1ccco1)N1CCn2cccc2C1c1cccc(Cl)c1. The first-order chi connectivity index (χ1) is 11.2. The van der Waals surface area contributed by atoms with Crippen LogP contribution >= 0.6 is 11.6 Å². The van der Waals surface area contributed by atoms with Crippen LogP contribution in [0.4, 0.5) is 0 Å². The third-order valence-electron chi connectivity index (χ3n) is 4.20. The number of aromatic nitrogens is 1. The number of rotatable bonds is 2. The van der Waals surface area contributed by atoms with E-state index in [0.29, 0.717) is 17.3 Å². The molecule has 0 saturated carbocycles. The molecular weight excluding hydrogens is 312 g/mol. The van der Waals surface area contributed by atoms with E-state index in [1.165, 1.54) is 6.26 Å². The number of fused-ring (bicyclic) bond motifs is 1. The molecule has 1 amide bonds. The third kappa shape index (κ3) is 2.45. The van der Waals surface area contributed by atoms with Crippen molar-refractivity contribution in [3.8, 4) is 0 Å². The smallest absolute Gasteiger partial charge is 0.290 e. The maximum absolute atomic E-state index is 12.9. The molecule has 0 aliphatic carbocycles. The Balaban J connectivity index is 1.81. The van der Waals surface area contributed by atoms with E-state index in [4.69, 9.17) is 16.0 Å². The summed E-state index contributed by atoms with van der Waals surface area (Å²) in [6.45, 7) is 1.39. The highest BCUT2D eigenvalue weighted by atomic mass is 35.5. The zero-order valence-electron chi connectivity index (χ0n) is 12.4. The summed E-state index contributed by atoms with van der Waals surface area (Å²) in [5, 5.41) is 0.663. The number of hydrogen-bond acceptors (Lipinski definition) is 2. The number of amides is 1. The van der Waals surface area contributed by atoms with E-state index in [1.54, 1.807) is 12.1 Å². The average molecular weight is 327 g/mol. The largest absolute Gasteiger partial charge is 0.459 e. The fourth-order valence-electron chi connectivity index (χ4n) is 3.17. The van der Waals surface area contributed by atoms with Crippen LogP contribution in [-0.4, -0.2) is 21.9 Å². The molecule has 23 heavy (non-hydrogen) atoms. The molecule has 116 valence electrons. The van der Waals surface area contributed by atoms with Gasteiger partial charge in [0.2, 0.25) is 0 Å². The van der Waals surface area contributed by atoms with Crippen molar-refractivity contribution >= 4 is 17.5 Å². The summed E-state index contributed by atoms with van der Waals surface area (Å²) in [6.07, 6.45) is 3.57. The topological polar surface area (TPSA) is 38.4 Å². The molecule has 0 fully saturated rings. The number of furan rings is 1. The molecule has 3 aromatic rings. The second-order valence-corrected chi connectivity index (χ2v) is 6.00. The molecule has 0 bridgehead atoms. The van der Waals surface area contributed by atoms with Gasteiger partial charge in [0.15, 0.2) is 5.76 Å². The number of benzene rings is 1. The van der Waals surface area contributed by atoms with E-state index in [0.717, 1.165) is 17.8 Å². The quantitative estimate of drug-likeness (QED) is 0.714. The van der Waals surface area contributed by atoms with Crippen molar-refractivity contribution in [2.75, 3.05) is 6.54 Å². The monoisotopic (exact) mass is 326 g/mol. The van der Waals surface area contributed by atoms with Gasteiger partial charge in [-0.3, -0.25) is 4.79 Å². The Morgan fingerprint density at radius 3 is 2.83 bits per heavy atom. The normalized spacial score (nSPS) is 17.1. The van der Waals surface area contributed by atoms with Crippen LogP contribution in [0.3, 0.4) is 0 Å². The average Bonchev–Trinajstić information content (AvgIpc) is 3.24. The van der Waals surface area contributed by atoms with Crippen LogP contribution in [-0.2, 0) is 6.54 Å². The zero-order valence-corrected chi connectivity index (χ0v) is 13.1. The molecule has 1 aromatic carbocycles. The predicted molar refractivity (Wildman–Crippen MR) is 87.5 cm³/mol. The molecule has 0 radical (unpaired) electrons. The number of carbonyl (C=O) groups excluding carboxylic acids is 1. The van der Waals surface area contributed by atoms with E-state index >= 15 is 0 Å². The summed E-state index contributed by atoms with van der Waals surface area (Å²) >= 11 is 6.16. The highest BCUT2D eigenvalue weighted by molar-refractivity contribution is 6.30. The maximum Gasteiger partial charge on any atom is 0.290 e. The van der Waals surface area contributed by atoms with Gasteiger partial charge in [-0.25, -0.2) is 0 Å². The van der Waals surface area contributed by atoms with Crippen molar-refractivity contribution in [1.29, 1.82) is 0 Å². The number of carbonyl (C=O) groups is 1. The van der Waals surface area contributed by atoms with Gasteiger partial charge < -0.3 is 13.9 Å². The Kier molecular flexibility index (Phi) is 3.46. The highest BCUT2D eigenvalue weighted by Crippen LogP contribution is 2.34. The first-order valence-corrected chi connectivity index (χ1v) is 7.87. The Labute approximate surface area is 138 Å². The number of nitrogens with zero attached hydrogens (tertiary/aromatic N) is 2. The summed E-state index contributed by atoms with van der Waals surface area (Å²) in [5.41, 5.74) is 2.08. The van der Waals surface area contributed by atoms with Crippen LogP contribution in [0.1, 0.15) is 27.9 Å². The predicted octanol–water partition coefficient (Wildman–Crippen LogP) is 3.98. The van der Waals surface area contributed by atoms with Crippen LogP contribution in [0.25, 0.3) is 0 Å². The van der Waals surface area contributed by atoms with E-state index < -0.39 is 0 Å². The van der Waals surface area contributed by atoms with Crippen LogP contribution in [0.15, 0.2) is 65.4 Å². The van der Waals surface area contributed by atoms with Gasteiger partial charge in [-0.2, -0.15) is 0 Å². The Morgan fingerprint density at radius 1 is 1.13 bits per heavy atom. The molecule has 1 aliphatic heterocycles. The van der Waals surface area contributed by atoms with Gasteiger partial charge in [0.05, 0.1) is 12.3 Å². The van der Waals surface area contributed by atoms with Gasteiger partial charge in [0.1, 0.15) is 0 Å². The summed E-state index contributed by atoms with van der Waals surface area (Å²) in [7, 11) is 0. The molecule has 4 rings (SSSR count). The van der Waals surface area contributed by atoms with Crippen LogP contribution in [0.5, 0.6) is 0 Å². The molecule has 4 nitrogen and oxygen atoms in total. The molecule has 0 spiro atoms. The lowest BCUT2D eigenvalue weighted by atomic mass is 9.99. The van der Waals surface area contributed by atoms with E-state index in [-0.39, 0.29) is 11.9 Å². The minimum Gasteiger partial charge on any atom is -0.459 e. The molecule has 5 heteroatoms. The maximum atomic E-state index is 12.9. The lowest BCUT2D eigenvalue weighted by Gasteiger charge is -2.37. The molecule has 0 saturated heterocycles. The van der Waals surface area contributed by atoms with Crippen LogP contribution in [0.2, 0.25) is 5.02 Å². The molecule has 1 atom stereocenters. The van der Waals surface area contributed by atoms with E-state index in [2.05, 4.69) is 4.57 Å². The molecule has 2 aromatic heterocycles. The fourth-order valence-corrected chi connectivity index (χ4v) is 3.37. The first kappa shape index (κ1) is 14.2. The minimum atomic E-state index is -0.171. The zero-order chi connectivity index (χ0) is 15.8. The van der Waals surface area contributed by atoms with Crippen LogP contribution in [0, 0.1) is 0 Å². The van der Waals surface area contributed by atoms with Crippen molar-refractivity contribution in [3.63, 3.8) is 0 Å². The molecule has 1 unspecified atom stereocenters. The van der Waals surface area contributed by atoms with Gasteiger partial charge in [0, 0.05) is 30.0 Å². The molecule has 1 aliphatic rings. The number of hydrogen-bond donors (Lipinski definition) is 0. The Morgan fingerprint density at radius 2 is 2.04 bits per heavy atom. The van der Waals surface area contributed by atoms with Gasteiger partial charge in [-0.1, -0.05) is 23.7 Å². The Bertz CT molecular complexity index is 838. The summed E-state index contributed by atoms with van der Waals surface area (Å²) in [4.78, 5) is 14.7. The second-order valence-electron chi connectivity index (χ2n) is 5.56. The summed E-state index contributed by atoms with van der Waals surface area (Å²) in [6, 6.07) is 15.0. The minimum absolute atomic E-state index is 0.104. The van der Waals surface area contributed by atoms with Crippen molar-refractivity contribution in [1.82, 2.24) is 9.47 Å². The fraction of sp³-hybridized carbons (Fsp3) is 0.167. The molecular formula is C18H15ClN2O2. The standard InChI is InChI=1S/C18H15ClN2O2/c19-14-5-1-4-13(12-14)17-15-6-2-8-20(15)9-10-21(17)18(22)16-7-3-11-23-16/h1-8,11-12,17H,9-10H2. The van der Waals surface area contributed by atoms with Crippen LogP contribution < -0.4 is 0 Å². The highest BCUT2D eigenvalue weighted by Gasteiger charge is 2.33. The van der Waals surface area contributed by atoms with Gasteiger partial charge >= 0.3 is 0 Å². The van der Waals surface area contributed by atoms with Crippen molar-refractivity contribution in [2.24, 2.45) is 0 Å². The lowest BCUT2D eigenvalue weighted by Crippen LogP contribution is -2.42. The van der Waals surface area contributed by atoms with Gasteiger partial charge in [-0.05, 0) is 42.0 Å².